The molecule has 2 rings (SSSR count). The van der Waals surface area contributed by atoms with Gasteiger partial charge >= 0.3 is 0 Å². The van der Waals surface area contributed by atoms with E-state index in [1.807, 2.05) is 7.05 Å². The van der Waals surface area contributed by atoms with E-state index in [1.165, 1.54) is 11.1 Å². The molecule has 0 amide bonds. The number of hydrogen-bond donors (Lipinski definition) is 1. The lowest BCUT2D eigenvalue weighted by Crippen LogP contribution is -2.27. The van der Waals surface area contributed by atoms with Gasteiger partial charge in [0.25, 0.3) is 0 Å². The maximum Gasteiger partial charge on any atom is 0.122 e. The van der Waals surface area contributed by atoms with E-state index < -0.39 is 0 Å². The first-order valence-electron chi connectivity index (χ1n) is 5.37. The van der Waals surface area contributed by atoms with Crippen molar-refractivity contribution < 1.29 is 4.74 Å². The number of fused-ring (bicyclic) bond motifs is 1. The average molecular weight is 206 g/mol. The first kappa shape index (κ1) is 10.5. The molecule has 3 nitrogen and oxygen atoms in total. The highest BCUT2D eigenvalue weighted by Crippen LogP contribution is 2.26. The summed E-state index contributed by atoms with van der Waals surface area (Å²) in [6.45, 7) is 2.73. The molecular formula is C12H18N2O. The Morgan fingerprint density at radius 1 is 1.47 bits per heavy atom. The van der Waals surface area contributed by atoms with Gasteiger partial charge in [-0.05, 0) is 31.3 Å². The van der Waals surface area contributed by atoms with Crippen molar-refractivity contribution in [1.82, 2.24) is 10.2 Å². The second kappa shape index (κ2) is 4.64. The number of benzene rings is 1. The normalized spacial score (nSPS) is 14.1. The lowest BCUT2D eigenvalue weighted by atomic mass is 10.1. The molecule has 15 heavy (non-hydrogen) atoms. The lowest BCUT2D eigenvalue weighted by Gasteiger charge is -2.16. The van der Waals surface area contributed by atoms with E-state index in [0.29, 0.717) is 0 Å². The number of hydrogen-bond acceptors (Lipinski definition) is 3. The minimum atomic E-state index is 0.838. The van der Waals surface area contributed by atoms with Crippen molar-refractivity contribution in [2.45, 2.75) is 13.0 Å². The zero-order valence-corrected chi connectivity index (χ0v) is 9.42. The van der Waals surface area contributed by atoms with Gasteiger partial charge in [0.05, 0.1) is 6.61 Å². The highest BCUT2D eigenvalue weighted by Gasteiger charge is 2.12. The Morgan fingerprint density at radius 2 is 2.33 bits per heavy atom. The minimum Gasteiger partial charge on any atom is -0.493 e. The van der Waals surface area contributed by atoms with Crippen LogP contribution in [0.15, 0.2) is 18.2 Å². The summed E-state index contributed by atoms with van der Waals surface area (Å²) < 4.78 is 5.48. The van der Waals surface area contributed by atoms with Gasteiger partial charge < -0.3 is 10.1 Å². The first-order chi connectivity index (χ1) is 7.29. The summed E-state index contributed by atoms with van der Waals surface area (Å²) in [5.41, 5.74) is 2.71. The zero-order valence-electron chi connectivity index (χ0n) is 9.42. The second-order valence-electron chi connectivity index (χ2n) is 4.07. The van der Waals surface area contributed by atoms with E-state index in [9.17, 15) is 0 Å². The maximum atomic E-state index is 5.48. The molecule has 0 unspecified atom stereocenters. The Labute approximate surface area is 91.0 Å². The second-order valence-corrected chi connectivity index (χ2v) is 4.07. The van der Waals surface area contributed by atoms with Crippen molar-refractivity contribution in [3.8, 4) is 5.75 Å². The van der Waals surface area contributed by atoms with Crippen molar-refractivity contribution in [2.24, 2.45) is 0 Å². The van der Waals surface area contributed by atoms with Crippen LogP contribution in [0.5, 0.6) is 5.75 Å². The monoisotopic (exact) mass is 206 g/mol. The summed E-state index contributed by atoms with van der Waals surface area (Å²) in [5, 5.41) is 3.14. The van der Waals surface area contributed by atoms with E-state index >= 15 is 0 Å². The van der Waals surface area contributed by atoms with Gasteiger partial charge in [-0.15, -0.1) is 0 Å². The summed E-state index contributed by atoms with van der Waals surface area (Å²) in [4.78, 5) is 2.25. The standard InChI is InChI=1S/C12H18N2O/c1-13-9-14(2)8-10-3-4-12-11(7-10)5-6-15-12/h3-4,7,13H,5-6,8-9H2,1-2H3. The summed E-state index contributed by atoms with van der Waals surface area (Å²) in [6.07, 6.45) is 1.05. The van der Waals surface area contributed by atoms with Gasteiger partial charge in [-0.3, -0.25) is 4.90 Å². The van der Waals surface area contributed by atoms with Gasteiger partial charge in [-0.25, -0.2) is 0 Å². The highest BCUT2D eigenvalue weighted by molar-refractivity contribution is 5.39. The molecule has 0 saturated carbocycles. The van der Waals surface area contributed by atoms with Crippen molar-refractivity contribution in [2.75, 3.05) is 27.4 Å². The predicted molar refractivity (Wildman–Crippen MR) is 61.0 cm³/mol. The van der Waals surface area contributed by atoms with Crippen LogP contribution in [0.3, 0.4) is 0 Å². The third kappa shape index (κ3) is 2.49. The summed E-state index contributed by atoms with van der Waals surface area (Å²) in [7, 11) is 4.08. The molecule has 3 heteroatoms. The third-order valence-corrected chi connectivity index (χ3v) is 2.63. The molecular weight excluding hydrogens is 188 g/mol. The molecule has 0 aliphatic carbocycles. The van der Waals surface area contributed by atoms with Gasteiger partial charge in [0, 0.05) is 19.6 Å². The molecule has 0 radical (unpaired) electrons. The number of rotatable bonds is 4. The quantitative estimate of drug-likeness (QED) is 0.750. The molecule has 1 heterocycles. The van der Waals surface area contributed by atoms with E-state index in [-0.39, 0.29) is 0 Å². The van der Waals surface area contributed by atoms with E-state index in [2.05, 4.69) is 35.5 Å². The predicted octanol–water partition coefficient (Wildman–Crippen LogP) is 1.23. The van der Waals surface area contributed by atoms with Crippen LogP contribution < -0.4 is 10.1 Å². The van der Waals surface area contributed by atoms with Gasteiger partial charge in [-0.1, -0.05) is 12.1 Å². The van der Waals surface area contributed by atoms with Gasteiger partial charge in [0.15, 0.2) is 0 Å². The molecule has 0 aromatic heterocycles. The van der Waals surface area contributed by atoms with Crippen molar-refractivity contribution in [1.29, 1.82) is 0 Å². The molecule has 1 aromatic rings. The molecule has 1 aromatic carbocycles. The molecule has 1 N–H and O–H groups in total. The molecule has 0 bridgehead atoms. The van der Waals surface area contributed by atoms with Crippen LogP contribution in [0.2, 0.25) is 0 Å². The molecule has 0 fully saturated rings. The van der Waals surface area contributed by atoms with Crippen LogP contribution in [0.4, 0.5) is 0 Å². The smallest absolute Gasteiger partial charge is 0.122 e. The fourth-order valence-electron chi connectivity index (χ4n) is 1.98. The van der Waals surface area contributed by atoms with Crippen molar-refractivity contribution in [3.05, 3.63) is 29.3 Å². The first-order valence-corrected chi connectivity index (χ1v) is 5.37. The molecule has 0 atom stereocenters. The summed E-state index contributed by atoms with van der Waals surface area (Å²) >= 11 is 0. The van der Waals surface area contributed by atoms with Crippen molar-refractivity contribution in [3.63, 3.8) is 0 Å². The van der Waals surface area contributed by atoms with Gasteiger partial charge in [-0.2, -0.15) is 0 Å². The Hall–Kier alpha value is -1.06. The molecule has 0 spiro atoms. The number of nitrogens with one attached hydrogen (secondary N) is 1. The van der Waals surface area contributed by atoms with Gasteiger partial charge in [0.2, 0.25) is 0 Å². The van der Waals surface area contributed by atoms with Crippen LogP contribution in [0.25, 0.3) is 0 Å². The number of ether oxygens (including phenoxy) is 1. The molecule has 0 saturated heterocycles. The molecule has 1 aliphatic heterocycles. The molecule has 82 valence electrons. The largest absolute Gasteiger partial charge is 0.493 e. The SMILES string of the molecule is CNCN(C)Cc1ccc2c(c1)CCO2. The fourth-order valence-corrected chi connectivity index (χ4v) is 1.98. The average Bonchev–Trinajstić information content (AvgIpc) is 2.65. The summed E-state index contributed by atoms with van der Waals surface area (Å²) in [6, 6.07) is 6.50. The Balaban J connectivity index is 2.03. The topological polar surface area (TPSA) is 24.5 Å². The van der Waals surface area contributed by atoms with E-state index in [1.54, 1.807) is 0 Å². The minimum absolute atomic E-state index is 0.838. The third-order valence-electron chi connectivity index (χ3n) is 2.63. The Kier molecular flexibility index (Phi) is 3.23. The zero-order chi connectivity index (χ0) is 10.7. The van der Waals surface area contributed by atoms with Crippen molar-refractivity contribution >= 4 is 0 Å². The van der Waals surface area contributed by atoms with Crippen LogP contribution in [0, 0.1) is 0 Å². The molecule has 1 aliphatic rings. The number of nitrogens with zero attached hydrogens (tertiary/aromatic N) is 1. The maximum absolute atomic E-state index is 5.48. The fraction of sp³-hybridized carbons (Fsp3) is 0.500. The van der Waals surface area contributed by atoms with Crippen LogP contribution in [-0.4, -0.2) is 32.3 Å². The summed E-state index contributed by atoms with van der Waals surface area (Å²) in [5.74, 6) is 1.06. The van der Waals surface area contributed by atoms with E-state index in [0.717, 1.165) is 32.0 Å². The van der Waals surface area contributed by atoms with Gasteiger partial charge in [0.1, 0.15) is 5.75 Å². The van der Waals surface area contributed by atoms with Crippen LogP contribution in [-0.2, 0) is 13.0 Å². The van der Waals surface area contributed by atoms with Crippen LogP contribution >= 0.6 is 0 Å². The Morgan fingerprint density at radius 3 is 3.13 bits per heavy atom. The Bertz CT molecular complexity index is 338. The van der Waals surface area contributed by atoms with E-state index in [4.69, 9.17) is 4.74 Å². The lowest BCUT2D eigenvalue weighted by molar-refractivity contribution is 0.310. The van der Waals surface area contributed by atoms with Crippen LogP contribution in [0.1, 0.15) is 11.1 Å². The highest BCUT2D eigenvalue weighted by atomic mass is 16.5.